The minimum absolute atomic E-state index is 0.0275. The monoisotopic (exact) mass is 300 g/mol. The van der Waals surface area contributed by atoms with E-state index in [-0.39, 0.29) is 22.6 Å². The van der Waals surface area contributed by atoms with Crippen LogP contribution < -0.4 is 5.73 Å². The fraction of sp³-hybridized carbons (Fsp3) is 0.143. The van der Waals surface area contributed by atoms with Gasteiger partial charge in [-0.25, -0.2) is 4.79 Å². The third-order valence-corrected chi connectivity index (χ3v) is 3.28. The third-order valence-electron chi connectivity index (χ3n) is 3.28. The van der Waals surface area contributed by atoms with Crippen LogP contribution >= 0.6 is 0 Å². The predicted molar refractivity (Wildman–Crippen MR) is 77.6 cm³/mol. The molecule has 2 aromatic rings. The summed E-state index contributed by atoms with van der Waals surface area (Å²) in [6.07, 6.45) is 1.35. The summed E-state index contributed by atoms with van der Waals surface area (Å²) in [5.41, 5.74) is 6.44. The number of carbonyl (C=O) groups is 1. The maximum atomic E-state index is 11.9. The molecule has 8 nitrogen and oxygen atoms in total. The van der Waals surface area contributed by atoms with Gasteiger partial charge in [-0.3, -0.25) is 10.1 Å². The van der Waals surface area contributed by atoms with Crippen molar-refractivity contribution in [1.29, 1.82) is 5.26 Å². The maximum Gasteiger partial charge on any atom is 0.357 e. The maximum absolute atomic E-state index is 11.9. The van der Waals surface area contributed by atoms with E-state index in [9.17, 15) is 14.9 Å². The van der Waals surface area contributed by atoms with Crippen LogP contribution in [0.5, 0.6) is 0 Å². The lowest BCUT2D eigenvalue weighted by molar-refractivity contribution is -0.385. The number of nitrogens with zero attached hydrogens (tertiary/aromatic N) is 3. The lowest BCUT2D eigenvalue weighted by atomic mass is 10.1. The quantitative estimate of drug-likeness (QED) is 0.524. The van der Waals surface area contributed by atoms with Crippen molar-refractivity contribution in [1.82, 2.24) is 4.57 Å². The molecule has 0 unspecified atom stereocenters. The molecule has 1 aromatic carbocycles. The zero-order valence-corrected chi connectivity index (χ0v) is 11.9. The summed E-state index contributed by atoms with van der Waals surface area (Å²) in [5.74, 6) is -0.732. The van der Waals surface area contributed by atoms with Crippen molar-refractivity contribution in [3.63, 3.8) is 0 Å². The number of nitrogen functional groups attached to an aromatic ring is 1. The topological polar surface area (TPSA) is 124 Å². The summed E-state index contributed by atoms with van der Waals surface area (Å²) in [6.45, 7) is 1.55. The Balaban J connectivity index is 2.79. The Morgan fingerprint density at radius 2 is 2.18 bits per heavy atom. The van der Waals surface area contributed by atoms with Crippen molar-refractivity contribution in [2.45, 2.75) is 6.92 Å². The van der Waals surface area contributed by atoms with Gasteiger partial charge in [0.1, 0.15) is 6.07 Å². The van der Waals surface area contributed by atoms with Gasteiger partial charge in [-0.1, -0.05) is 6.07 Å². The van der Waals surface area contributed by atoms with Crippen molar-refractivity contribution < 1.29 is 14.5 Å². The average Bonchev–Trinajstić information content (AvgIpc) is 2.83. The summed E-state index contributed by atoms with van der Waals surface area (Å²) in [4.78, 5) is 22.4. The summed E-state index contributed by atoms with van der Waals surface area (Å²) in [7, 11) is 1.19. The Bertz CT molecular complexity index is 817. The number of methoxy groups -OCH3 is 1. The van der Waals surface area contributed by atoms with Crippen molar-refractivity contribution in [2.75, 3.05) is 12.8 Å². The molecule has 112 valence electrons. The molecule has 1 aromatic heterocycles. The van der Waals surface area contributed by atoms with Gasteiger partial charge in [0.15, 0.2) is 5.69 Å². The second kappa shape index (κ2) is 5.57. The van der Waals surface area contributed by atoms with E-state index >= 15 is 0 Å². The number of anilines is 1. The molecule has 8 heteroatoms. The minimum atomic E-state index is -0.732. The van der Waals surface area contributed by atoms with E-state index in [4.69, 9.17) is 11.0 Å². The first-order valence-electron chi connectivity index (χ1n) is 6.16. The number of nitrogens with two attached hydrogens (primary N) is 1. The second-order valence-corrected chi connectivity index (χ2v) is 4.46. The number of benzene rings is 1. The van der Waals surface area contributed by atoms with Crippen LogP contribution in [-0.2, 0) is 4.74 Å². The average molecular weight is 300 g/mol. The van der Waals surface area contributed by atoms with Gasteiger partial charge in [-0.2, -0.15) is 5.26 Å². The zero-order chi connectivity index (χ0) is 16.4. The Morgan fingerprint density at radius 1 is 1.50 bits per heavy atom. The fourth-order valence-electron chi connectivity index (χ4n) is 2.17. The highest BCUT2D eigenvalue weighted by Crippen LogP contribution is 2.29. The van der Waals surface area contributed by atoms with E-state index in [2.05, 4.69) is 4.74 Å². The number of hydrogen-bond donors (Lipinski definition) is 1. The summed E-state index contributed by atoms with van der Waals surface area (Å²) in [6, 6.07) is 6.31. The van der Waals surface area contributed by atoms with Crippen LogP contribution in [0.15, 0.2) is 24.4 Å². The van der Waals surface area contributed by atoms with Gasteiger partial charge in [0.05, 0.1) is 34.5 Å². The van der Waals surface area contributed by atoms with Crippen LogP contribution in [0.3, 0.4) is 0 Å². The molecule has 0 bridgehead atoms. The smallest absolute Gasteiger partial charge is 0.357 e. The standard InChI is InChI=1S/C14H12N4O4/c1-8-10(4-3-5-11(8)18(20)21)17-7-9(6-15)12(16)13(17)14(19)22-2/h3-5,7H,16H2,1-2H3. The second-order valence-electron chi connectivity index (χ2n) is 4.46. The lowest BCUT2D eigenvalue weighted by Gasteiger charge is -2.11. The van der Waals surface area contributed by atoms with Crippen molar-refractivity contribution in [3.8, 4) is 11.8 Å². The van der Waals surface area contributed by atoms with Crippen molar-refractivity contribution in [2.24, 2.45) is 0 Å². The van der Waals surface area contributed by atoms with E-state index in [1.54, 1.807) is 13.0 Å². The van der Waals surface area contributed by atoms with Gasteiger partial charge < -0.3 is 15.0 Å². The first kappa shape index (κ1) is 15.1. The molecule has 0 aliphatic heterocycles. The summed E-state index contributed by atoms with van der Waals surface area (Å²) >= 11 is 0. The normalized spacial score (nSPS) is 10.0. The summed E-state index contributed by atoms with van der Waals surface area (Å²) in [5, 5.41) is 20.1. The van der Waals surface area contributed by atoms with Crippen LogP contribution in [0.1, 0.15) is 21.6 Å². The molecule has 0 fully saturated rings. The fourth-order valence-corrected chi connectivity index (χ4v) is 2.17. The molecule has 22 heavy (non-hydrogen) atoms. The number of nitro benzene ring substituents is 1. The Kier molecular flexibility index (Phi) is 3.81. The number of rotatable bonds is 3. The largest absolute Gasteiger partial charge is 0.464 e. The van der Waals surface area contributed by atoms with Gasteiger partial charge in [0, 0.05) is 12.3 Å². The van der Waals surface area contributed by atoms with Crippen LogP contribution in [0, 0.1) is 28.4 Å². The third kappa shape index (κ3) is 2.25. The molecule has 2 rings (SSSR count). The van der Waals surface area contributed by atoms with Crippen LogP contribution in [0.2, 0.25) is 0 Å². The number of hydrogen-bond acceptors (Lipinski definition) is 6. The van der Waals surface area contributed by atoms with Crippen molar-refractivity contribution >= 4 is 17.3 Å². The molecular weight excluding hydrogens is 288 g/mol. The first-order chi connectivity index (χ1) is 10.4. The molecule has 0 radical (unpaired) electrons. The Morgan fingerprint density at radius 3 is 2.73 bits per heavy atom. The number of nitro groups is 1. The minimum Gasteiger partial charge on any atom is -0.464 e. The van der Waals surface area contributed by atoms with Crippen LogP contribution in [-0.4, -0.2) is 22.6 Å². The molecule has 0 saturated carbocycles. The van der Waals surface area contributed by atoms with E-state index in [0.29, 0.717) is 11.3 Å². The van der Waals surface area contributed by atoms with Gasteiger partial charge in [0.25, 0.3) is 5.69 Å². The number of esters is 1. The molecule has 0 saturated heterocycles. The predicted octanol–water partition coefficient (Wildman–Crippen LogP) is 1.93. The Labute approximate surface area is 125 Å². The molecule has 1 heterocycles. The number of carbonyl (C=O) groups excluding carboxylic acids is 1. The van der Waals surface area contributed by atoms with Gasteiger partial charge in [0.2, 0.25) is 0 Å². The number of aromatic nitrogens is 1. The van der Waals surface area contributed by atoms with Crippen LogP contribution in [0.25, 0.3) is 5.69 Å². The van der Waals surface area contributed by atoms with E-state index in [1.165, 1.54) is 30.0 Å². The SMILES string of the molecule is COC(=O)c1c(N)c(C#N)cn1-c1cccc([N+](=O)[O-])c1C. The van der Waals surface area contributed by atoms with Crippen molar-refractivity contribution in [3.05, 3.63) is 51.3 Å². The van der Waals surface area contributed by atoms with E-state index < -0.39 is 10.9 Å². The van der Waals surface area contributed by atoms with Crippen LogP contribution in [0.4, 0.5) is 11.4 Å². The molecule has 0 spiro atoms. The number of ether oxygens (including phenoxy) is 1. The highest BCUT2D eigenvalue weighted by Gasteiger charge is 2.24. The van der Waals surface area contributed by atoms with Gasteiger partial charge in [-0.05, 0) is 13.0 Å². The molecule has 0 aliphatic rings. The first-order valence-corrected chi connectivity index (χ1v) is 6.16. The van der Waals surface area contributed by atoms with Gasteiger partial charge in [-0.15, -0.1) is 0 Å². The van der Waals surface area contributed by atoms with E-state index in [1.807, 2.05) is 6.07 Å². The molecule has 0 amide bonds. The zero-order valence-electron chi connectivity index (χ0n) is 11.9. The highest BCUT2D eigenvalue weighted by atomic mass is 16.6. The summed E-state index contributed by atoms with van der Waals surface area (Å²) < 4.78 is 6.01. The number of nitriles is 1. The Hall–Kier alpha value is -3.34. The molecule has 0 atom stereocenters. The lowest BCUT2D eigenvalue weighted by Crippen LogP contribution is -2.12. The highest BCUT2D eigenvalue weighted by molar-refractivity contribution is 5.96. The van der Waals surface area contributed by atoms with Gasteiger partial charge >= 0.3 is 5.97 Å². The van der Waals surface area contributed by atoms with E-state index in [0.717, 1.165) is 0 Å². The molecule has 0 aliphatic carbocycles. The molecule has 2 N–H and O–H groups in total. The molecular formula is C14H12N4O4.